The highest BCUT2D eigenvalue weighted by atomic mass is 19.4. The van der Waals surface area contributed by atoms with Crippen LogP contribution in [0.15, 0.2) is 35.4 Å². The molecule has 0 spiro atoms. The van der Waals surface area contributed by atoms with Gasteiger partial charge in [0.2, 0.25) is 5.95 Å². The largest absolute Gasteiger partial charge is 0.413 e. The number of hydrogen-bond acceptors (Lipinski definition) is 7. The number of carbonyl (C=O) groups is 1. The number of halogens is 3. The van der Waals surface area contributed by atoms with Crippen LogP contribution in [0.2, 0.25) is 0 Å². The Balaban J connectivity index is 1.56. The highest BCUT2D eigenvalue weighted by Crippen LogP contribution is 2.43. The number of aromatic nitrogens is 3. The number of Topliss-reactive ketones (excluding diaryl/α,β-unsaturated/α-hetero) is 1. The van der Waals surface area contributed by atoms with Crippen LogP contribution in [-0.4, -0.2) is 63.9 Å². The number of carbonyl (C=O) groups excluding carboxylic acids is 1. The van der Waals surface area contributed by atoms with Crippen molar-refractivity contribution in [1.82, 2.24) is 14.5 Å². The summed E-state index contributed by atoms with van der Waals surface area (Å²) in [6.45, 7) is 0.809. The third-order valence-corrected chi connectivity index (χ3v) is 6.37. The Hall–Kier alpha value is -2.95. The Morgan fingerprint density at radius 1 is 1.39 bits per heavy atom. The molecule has 0 N–H and O–H groups in total. The minimum Gasteiger partial charge on any atom is -0.374 e. The average molecular weight is 435 g/mol. The van der Waals surface area contributed by atoms with Crippen LogP contribution in [0.5, 0.6) is 0 Å². The summed E-state index contributed by atoms with van der Waals surface area (Å²) in [5, 5.41) is 0. The molecule has 0 aliphatic carbocycles. The Kier molecular flexibility index (Phi) is 4.37. The number of hydrogen-bond donors (Lipinski definition) is 0. The molecule has 2 saturated heterocycles. The summed E-state index contributed by atoms with van der Waals surface area (Å²) < 4.78 is 49.0. The van der Waals surface area contributed by atoms with Crippen molar-refractivity contribution < 1.29 is 22.7 Å². The molecule has 5 heterocycles. The summed E-state index contributed by atoms with van der Waals surface area (Å²) in [7, 11) is 0. The van der Waals surface area contributed by atoms with Crippen molar-refractivity contribution in [3.8, 4) is 0 Å². The highest BCUT2D eigenvalue weighted by Gasteiger charge is 2.60. The van der Waals surface area contributed by atoms with Gasteiger partial charge in [-0.1, -0.05) is 0 Å². The standard InChI is InChI=1S/C20H20F3N5O3/c1-19(20(21,22)23)11-27-17(30)6-16(26-8-14-5-13(26)10-31-14)25-18(27)28(19)9-15(29)12-3-2-4-24-7-12/h2-4,6-7,13-14H,5,8-11H2,1H3/t13-,14-,19?/m0/s1. The van der Waals surface area contributed by atoms with Gasteiger partial charge < -0.3 is 14.5 Å². The molecule has 3 aliphatic rings. The number of morpholine rings is 1. The number of ether oxygens (including phenoxy) is 1. The van der Waals surface area contributed by atoms with Crippen molar-refractivity contribution >= 4 is 17.5 Å². The summed E-state index contributed by atoms with van der Waals surface area (Å²) in [5.41, 5.74) is -2.83. The molecule has 1 unspecified atom stereocenters. The summed E-state index contributed by atoms with van der Waals surface area (Å²) in [6, 6.07) is 4.35. The average Bonchev–Trinajstić information content (AvgIpc) is 3.43. The van der Waals surface area contributed by atoms with Gasteiger partial charge in [0, 0.05) is 30.6 Å². The molecule has 3 aliphatic heterocycles. The molecule has 11 heteroatoms. The molecule has 164 valence electrons. The van der Waals surface area contributed by atoms with Crippen LogP contribution in [0.3, 0.4) is 0 Å². The van der Waals surface area contributed by atoms with Crippen LogP contribution in [-0.2, 0) is 11.3 Å². The zero-order valence-electron chi connectivity index (χ0n) is 16.7. The number of nitrogens with zero attached hydrogens (tertiary/aromatic N) is 5. The predicted octanol–water partition coefficient (Wildman–Crippen LogP) is 1.64. The number of pyridine rings is 1. The number of alkyl halides is 3. The fraction of sp³-hybridized carbons (Fsp3) is 0.500. The second kappa shape index (κ2) is 6.78. The fourth-order valence-corrected chi connectivity index (χ4v) is 4.53. The predicted molar refractivity (Wildman–Crippen MR) is 104 cm³/mol. The molecule has 0 aromatic carbocycles. The fourth-order valence-electron chi connectivity index (χ4n) is 4.53. The molecule has 0 saturated carbocycles. The monoisotopic (exact) mass is 435 g/mol. The van der Waals surface area contributed by atoms with Gasteiger partial charge in [-0.3, -0.25) is 19.1 Å². The Bertz CT molecular complexity index is 1090. The Labute approximate surface area is 175 Å². The first-order valence-electron chi connectivity index (χ1n) is 9.95. The molecule has 3 atom stereocenters. The maximum atomic E-state index is 14.1. The van der Waals surface area contributed by atoms with Crippen LogP contribution < -0.4 is 15.4 Å². The molecular formula is C20H20F3N5O3. The van der Waals surface area contributed by atoms with Gasteiger partial charge in [-0.15, -0.1) is 0 Å². The first-order chi connectivity index (χ1) is 14.7. The lowest BCUT2D eigenvalue weighted by Gasteiger charge is -2.36. The van der Waals surface area contributed by atoms with Crippen LogP contribution in [0.25, 0.3) is 0 Å². The minimum atomic E-state index is -4.69. The maximum absolute atomic E-state index is 14.1. The van der Waals surface area contributed by atoms with Gasteiger partial charge in [-0.25, -0.2) is 0 Å². The number of fused-ring (bicyclic) bond motifs is 3. The Morgan fingerprint density at radius 2 is 2.19 bits per heavy atom. The van der Waals surface area contributed by atoms with Gasteiger partial charge >= 0.3 is 6.18 Å². The first-order valence-corrected chi connectivity index (χ1v) is 9.95. The molecular weight excluding hydrogens is 415 g/mol. The SMILES string of the molecule is CC1(C(F)(F)F)Cn2c(nc(N3C[C@@H]4C[C@H]3CO4)cc2=O)N1CC(=O)c1cccnc1. The van der Waals surface area contributed by atoms with Crippen molar-refractivity contribution in [3.63, 3.8) is 0 Å². The summed E-state index contributed by atoms with van der Waals surface area (Å²) in [6.07, 6.45) is -1.08. The van der Waals surface area contributed by atoms with E-state index in [1.165, 1.54) is 24.5 Å². The van der Waals surface area contributed by atoms with Crippen molar-refractivity contribution in [1.29, 1.82) is 0 Å². The zero-order valence-corrected chi connectivity index (χ0v) is 16.7. The lowest BCUT2D eigenvalue weighted by molar-refractivity contribution is -0.181. The molecule has 8 nitrogen and oxygen atoms in total. The molecule has 2 aromatic heterocycles. The molecule has 0 amide bonds. The van der Waals surface area contributed by atoms with E-state index in [4.69, 9.17) is 4.74 Å². The highest BCUT2D eigenvalue weighted by molar-refractivity contribution is 5.99. The van der Waals surface area contributed by atoms with Crippen molar-refractivity contribution in [2.24, 2.45) is 0 Å². The van der Waals surface area contributed by atoms with E-state index in [-0.39, 0.29) is 23.7 Å². The van der Waals surface area contributed by atoms with Gasteiger partial charge in [0.05, 0.1) is 31.8 Å². The second-order valence-corrected chi connectivity index (χ2v) is 8.36. The Morgan fingerprint density at radius 3 is 2.81 bits per heavy atom. The van der Waals surface area contributed by atoms with Crippen LogP contribution >= 0.6 is 0 Å². The lowest BCUT2D eigenvalue weighted by Crippen LogP contribution is -2.57. The number of rotatable bonds is 4. The van der Waals surface area contributed by atoms with Crippen molar-refractivity contribution in [2.75, 3.05) is 29.5 Å². The maximum Gasteiger partial charge on any atom is 0.413 e. The summed E-state index contributed by atoms with van der Waals surface area (Å²) in [4.78, 5) is 36.7. The normalized spacial score (nSPS) is 27.1. The van der Waals surface area contributed by atoms with Crippen molar-refractivity contribution in [3.05, 3.63) is 46.5 Å². The molecule has 2 bridgehead atoms. The van der Waals surface area contributed by atoms with E-state index in [9.17, 15) is 22.8 Å². The molecule has 0 radical (unpaired) electrons. The van der Waals surface area contributed by atoms with Crippen LogP contribution in [0.1, 0.15) is 23.7 Å². The quantitative estimate of drug-likeness (QED) is 0.676. The second-order valence-electron chi connectivity index (χ2n) is 8.36. The van der Waals surface area contributed by atoms with Gasteiger partial charge in [0.15, 0.2) is 11.3 Å². The third-order valence-electron chi connectivity index (χ3n) is 6.37. The lowest BCUT2D eigenvalue weighted by atomic mass is 10.00. The van der Waals surface area contributed by atoms with E-state index in [1.54, 1.807) is 6.07 Å². The van der Waals surface area contributed by atoms with Gasteiger partial charge in [-0.2, -0.15) is 18.2 Å². The molecule has 2 aromatic rings. The van der Waals surface area contributed by atoms with E-state index in [0.29, 0.717) is 19.0 Å². The van der Waals surface area contributed by atoms with Crippen LogP contribution in [0.4, 0.5) is 24.9 Å². The minimum absolute atomic E-state index is 0.0338. The third kappa shape index (κ3) is 3.10. The molecule has 2 fully saturated rings. The van der Waals surface area contributed by atoms with E-state index < -0.39 is 36.1 Å². The number of ketones is 1. The van der Waals surface area contributed by atoms with Crippen molar-refractivity contribution in [2.45, 2.75) is 43.8 Å². The molecule has 5 rings (SSSR count). The van der Waals surface area contributed by atoms with E-state index in [0.717, 1.165) is 22.8 Å². The van der Waals surface area contributed by atoms with E-state index in [1.807, 2.05) is 4.90 Å². The topological polar surface area (TPSA) is 80.6 Å². The van der Waals surface area contributed by atoms with Gasteiger partial charge in [0.25, 0.3) is 5.56 Å². The summed E-state index contributed by atoms with van der Waals surface area (Å²) >= 11 is 0. The number of anilines is 2. The van der Waals surface area contributed by atoms with Crippen LogP contribution in [0, 0.1) is 0 Å². The smallest absolute Gasteiger partial charge is 0.374 e. The van der Waals surface area contributed by atoms with Gasteiger partial charge in [-0.05, 0) is 25.5 Å². The molecule has 31 heavy (non-hydrogen) atoms. The van der Waals surface area contributed by atoms with Gasteiger partial charge in [0.1, 0.15) is 5.82 Å². The first kappa shape index (κ1) is 20.0. The van der Waals surface area contributed by atoms with E-state index >= 15 is 0 Å². The summed E-state index contributed by atoms with van der Waals surface area (Å²) in [5.74, 6) is -0.370. The van der Waals surface area contributed by atoms with E-state index in [2.05, 4.69) is 9.97 Å². The zero-order chi connectivity index (χ0) is 22.0.